The Morgan fingerprint density at radius 1 is 1.04 bits per heavy atom. The first-order valence-electron chi connectivity index (χ1n) is 8.40. The van der Waals surface area contributed by atoms with E-state index in [1.807, 2.05) is 37.3 Å². The monoisotopic (exact) mass is 384 g/mol. The summed E-state index contributed by atoms with van der Waals surface area (Å²) >= 11 is 6.16. The van der Waals surface area contributed by atoms with Gasteiger partial charge in [-0.05, 0) is 42.3 Å². The second-order valence-corrected chi connectivity index (χ2v) is 6.30. The lowest BCUT2D eigenvalue weighted by atomic mass is 10.2. The van der Waals surface area contributed by atoms with Crippen LogP contribution in [-0.4, -0.2) is 24.2 Å². The van der Waals surface area contributed by atoms with Crippen LogP contribution in [0.1, 0.15) is 11.1 Å². The zero-order valence-electron chi connectivity index (χ0n) is 15.4. The van der Waals surface area contributed by atoms with E-state index in [1.54, 1.807) is 32.5 Å². The first kappa shape index (κ1) is 18.8. The third-order valence-electron chi connectivity index (χ3n) is 4.01. The third-order valence-corrected chi connectivity index (χ3v) is 4.42. The van der Waals surface area contributed by atoms with Gasteiger partial charge in [0.1, 0.15) is 17.3 Å². The Morgan fingerprint density at radius 3 is 2.52 bits per heavy atom. The van der Waals surface area contributed by atoms with Crippen molar-refractivity contribution in [2.75, 3.05) is 24.9 Å². The largest absolute Gasteiger partial charge is 0.497 e. The number of aryl methyl sites for hydroxylation is 1. The Balaban J connectivity index is 1.71. The molecule has 2 aromatic carbocycles. The van der Waals surface area contributed by atoms with Crippen molar-refractivity contribution in [3.05, 3.63) is 64.8 Å². The normalized spacial score (nSPS) is 10.4. The molecule has 6 nitrogen and oxygen atoms in total. The van der Waals surface area contributed by atoms with Gasteiger partial charge >= 0.3 is 0 Å². The maximum atomic E-state index is 6.16. The van der Waals surface area contributed by atoms with Gasteiger partial charge in [0.2, 0.25) is 5.95 Å². The van der Waals surface area contributed by atoms with Crippen molar-refractivity contribution in [1.82, 2.24) is 9.97 Å². The van der Waals surface area contributed by atoms with Crippen LogP contribution in [0.15, 0.2) is 48.7 Å². The maximum absolute atomic E-state index is 6.16. The number of methoxy groups -OCH3 is 2. The summed E-state index contributed by atoms with van der Waals surface area (Å²) in [6.45, 7) is 2.55. The van der Waals surface area contributed by atoms with Gasteiger partial charge in [-0.3, -0.25) is 0 Å². The highest BCUT2D eigenvalue weighted by atomic mass is 35.5. The van der Waals surface area contributed by atoms with E-state index in [-0.39, 0.29) is 0 Å². The third kappa shape index (κ3) is 4.80. The minimum Gasteiger partial charge on any atom is -0.497 e. The smallest absolute Gasteiger partial charge is 0.224 e. The van der Waals surface area contributed by atoms with Crippen molar-refractivity contribution in [3.63, 3.8) is 0 Å². The van der Waals surface area contributed by atoms with Gasteiger partial charge < -0.3 is 20.1 Å². The molecule has 0 radical (unpaired) electrons. The fourth-order valence-corrected chi connectivity index (χ4v) is 2.66. The van der Waals surface area contributed by atoms with E-state index < -0.39 is 0 Å². The molecule has 0 unspecified atom stereocenters. The Hall–Kier alpha value is -2.99. The molecule has 0 aliphatic rings. The van der Waals surface area contributed by atoms with E-state index in [2.05, 4.69) is 20.6 Å². The molecular formula is C20H21ClN4O2. The SMILES string of the molecule is COc1ccc(CNc2nccc(Nc3cc(C)c(Cl)cc3OC)n2)cc1. The maximum Gasteiger partial charge on any atom is 0.224 e. The number of rotatable bonds is 7. The minimum absolute atomic E-state index is 0.528. The molecule has 7 heteroatoms. The first-order chi connectivity index (χ1) is 13.1. The Kier molecular flexibility index (Phi) is 5.98. The van der Waals surface area contributed by atoms with E-state index in [9.17, 15) is 0 Å². The molecule has 0 saturated heterocycles. The van der Waals surface area contributed by atoms with Crippen LogP contribution in [0, 0.1) is 6.92 Å². The van der Waals surface area contributed by atoms with Gasteiger partial charge in [-0.25, -0.2) is 4.98 Å². The minimum atomic E-state index is 0.528. The number of benzene rings is 2. The fourth-order valence-electron chi connectivity index (χ4n) is 2.51. The average molecular weight is 385 g/mol. The van der Waals surface area contributed by atoms with Crippen molar-refractivity contribution in [2.24, 2.45) is 0 Å². The second kappa shape index (κ2) is 8.60. The van der Waals surface area contributed by atoms with Gasteiger partial charge in [0.05, 0.1) is 19.9 Å². The van der Waals surface area contributed by atoms with E-state index in [4.69, 9.17) is 21.1 Å². The standard InChI is InChI=1S/C20H21ClN4O2/c1-13-10-17(18(27-3)11-16(13)21)24-19-8-9-22-20(25-19)23-12-14-4-6-15(26-2)7-5-14/h4-11H,12H2,1-3H3,(H2,22,23,24,25). The molecule has 0 saturated carbocycles. The Bertz CT molecular complexity index is 916. The number of ether oxygens (including phenoxy) is 2. The summed E-state index contributed by atoms with van der Waals surface area (Å²) < 4.78 is 10.6. The first-order valence-corrected chi connectivity index (χ1v) is 8.78. The molecule has 0 spiro atoms. The summed E-state index contributed by atoms with van der Waals surface area (Å²) in [6.07, 6.45) is 1.70. The van der Waals surface area contributed by atoms with Gasteiger partial charge in [0.15, 0.2) is 0 Å². The predicted octanol–water partition coefficient (Wildman–Crippen LogP) is 4.81. The zero-order valence-corrected chi connectivity index (χ0v) is 16.2. The fraction of sp³-hybridized carbons (Fsp3) is 0.200. The zero-order chi connectivity index (χ0) is 19.2. The average Bonchev–Trinajstić information content (AvgIpc) is 2.69. The number of hydrogen-bond donors (Lipinski definition) is 2. The molecule has 0 aliphatic carbocycles. The van der Waals surface area contributed by atoms with Crippen LogP contribution in [-0.2, 0) is 6.54 Å². The van der Waals surface area contributed by atoms with Gasteiger partial charge in [-0.2, -0.15) is 4.98 Å². The molecule has 0 fully saturated rings. The van der Waals surface area contributed by atoms with Gasteiger partial charge in [0, 0.05) is 23.8 Å². The number of nitrogens with one attached hydrogen (secondary N) is 2. The predicted molar refractivity (Wildman–Crippen MR) is 108 cm³/mol. The molecule has 1 aromatic heterocycles. The van der Waals surface area contributed by atoms with E-state index in [0.29, 0.717) is 29.1 Å². The van der Waals surface area contributed by atoms with Crippen LogP contribution in [0.3, 0.4) is 0 Å². The van der Waals surface area contributed by atoms with Crippen molar-refractivity contribution in [1.29, 1.82) is 0 Å². The molecule has 140 valence electrons. The van der Waals surface area contributed by atoms with Crippen LogP contribution in [0.5, 0.6) is 11.5 Å². The highest BCUT2D eigenvalue weighted by Gasteiger charge is 2.08. The Labute approximate surface area is 163 Å². The highest BCUT2D eigenvalue weighted by Crippen LogP contribution is 2.32. The summed E-state index contributed by atoms with van der Waals surface area (Å²) in [7, 11) is 3.25. The number of halogens is 1. The summed E-state index contributed by atoms with van der Waals surface area (Å²) in [4.78, 5) is 8.76. The van der Waals surface area contributed by atoms with Gasteiger partial charge in [0.25, 0.3) is 0 Å². The topological polar surface area (TPSA) is 68.3 Å². The Morgan fingerprint density at radius 2 is 1.81 bits per heavy atom. The lowest BCUT2D eigenvalue weighted by molar-refractivity contribution is 0.414. The second-order valence-electron chi connectivity index (χ2n) is 5.89. The summed E-state index contributed by atoms with van der Waals surface area (Å²) in [5.41, 5.74) is 2.85. The molecule has 1 heterocycles. The van der Waals surface area contributed by atoms with Crippen LogP contribution < -0.4 is 20.1 Å². The van der Waals surface area contributed by atoms with E-state index in [1.165, 1.54) is 0 Å². The molecule has 3 rings (SSSR count). The molecule has 3 aromatic rings. The highest BCUT2D eigenvalue weighted by molar-refractivity contribution is 6.31. The van der Waals surface area contributed by atoms with Crippen molar-refractivity contribution < 1.29 is 9.47 Å². The van der Waals surface area contributed by atoms with Crippen LogP contribution in [0.2, 0.25) is 5.02 Å². The molecule has 2 N–H and O–H groups in total. The van der Waals surface area contributed by atoms with E-state index >= 15 is 0 Å². The van der Waals surface area contributed by atoms with Crippen molar-refractivity contribution in [3.8, 4) is 11.5 Å². The molecule has 0 atom stereocenters. The van der Waals surface area contributed by atoms with Gasteiger partial charge in [-0.15, -0.1) is 0 Å². The van der Waals surface area contributed by atoms with Crippen LogP contribution in [0.25, 0.3) is 0 Å². The van der Waals surface area contributed by atoms with Crippen LogP contribution in [0.4, 0.5) is 17.5 Å². The van der Waals surface area contributed by atoms with E-state index in [0.717, 1.165) is 22.6 Å². The summed E-state index contributed by atoms with van der Waals surface area (Å²) in [6, 6.07) is 13.3. The number of nitrogens with zero attached hydrogens (tertiary/aromatic N) is 2. The molecule has 0 amide bonds. The summed E-state index contributed by atoms with van der Waals surface area (Å²) in [5, 5.41) is 7.13. The van der Waals surface area contributed by atoms with Gasteiger partial charge in [-0.1, -0.05) is 23.7 Å². The van der Waals surface area contributed by atoms with Crippen LogP contribution >= 0.6 is 11.6 Å². The number of aromatic nitrogens is 2. The lowest BCUT2D eigenvalue weighted by Crippen LogP contribution is -2.05. The summed E-state index contributed by atoms with van der Waals surface area (Å²) in [5.74, 6) is 2.66. The van der Waals surface area contributed by atoms with Crippen molar-refractivity contribution in [2.45, 2.75) is 13.5 Å². The number of hydrogen-bond acceptors (Lipinski definition) is 6. The number of anilines is 3. The molecule has 27 heavy (non-hydrogen) atoms. The van der Waals surface area contributed by atoms with Crippen molar-refractivity contribution >= 4 is 29.1 Å². The molecular weight excluding hydrogens is 364 g/mol. The lowest BCUT2D eigenvalue weighted by Gasteiger charge is -2.13. The quantitative estimate of drug-likeness (QED) is 0.609. The molecule has 0 bridgehead atoms. The molecule has 0 aliphatic heterocycles.